The Bertz CT molecular complexity index is 806. The van der Waals surface area contributed by atoms with Gasteiger partial charge in [-0.2, -0.15) is 10.5 Å². The molecule has 1 saturated carbocycles. The first-order valence-corrected chi connectivity index (χ1v) is 11.6. The minimum absolute atomic E-state index is 0. The molecule has 0 N–H and O–H groups in total. The molecule has 1 aliphatic rings. The molecule has 6 heteroatoms. The van der Waals surface area contributed by atoms with E-state index in [2.05, 4.69) is 87.4 Å². The maximum Gasteiger partial charge on any atom is 0.0822 e. The van der Waals surface area contributed by atoms with Gasteiger partial charge in [0.2, 0.25) is 0 Å². The van der Waals surface area contributed by atoms with Gasteiger partial charge in [0.15, 0.2) is 0 Å². The molecule has 1 aliphatic carbocycles. The number of rotatable bonds is 2. The second-order valence-corrected chi connectivity index (χ2v) is 12.0. The van der Waals surface area contributed by atoms with Crippen LogP contribution in [0.2, 0.25) is 0 Å². The normalized spacial score (nSPS) is 13.5. The maximum atomic E-state index is 9.10. The third-order valence-corrected chi connectivity index (χ3v) is 5.07. The number of halogens is 3. The van der Waals surface area contributed by atoms with Crippen molar-refractivity contribution >= 4 is 54.5 Å². The van der Waals surface area contributed by atoms with Gasteiger partial charge < -0.3 is 6.92 Å². The van der Waals surface area contributed by atoms with E-state index >= 15 is 0 Å². The van der Waals surface area contributed by atoms with Crippen LogP contribution >= 0.6 is 54.5 Å². The summed E-state index contributed by atoms with van der Waals surface area (Å²) in [7, 11) is 0. The molecule has 0 amide bonds. The van der Waals surface area contributed by atoms with Crippen molar-refractivity contribution < 1.29 is 18.6 Å². The first-order chi connectivity index (χ1) is 13.1. The number of hydrogen-bond donors (Lipinski definition) is 0. The first-order valence-electron chi connectivity index (χ1n) is 8.92. The molecule has 29 heavy (non-hydrogen) atoms. The molecular weight excluding hydrogens is 642 g/mol. The predicted molar refractivity (Wildman–Crippen MR) is 132 cm³/mol. The second-order valence-electron chi connectivity index (χ2n) is 7.23. The van der Waals surface area contributed by atoms with Crippen molar-refractivity contribution in [3.8, 4) is 12.1 Å². The van der Waals surface area contributed by atoms with Crippen LogP contribution < -0.4 is 0 Å². The average molecular weight is 666 g/mol. The fourth-order valence-electron chi connectivity index (χ4n) is 2.46. The Morgan fingerprint density at radius 2 is 1.41 bits per heavy atom. The van der Waals surface area contributed by atoms with E-state index < -0.39 is 0 Å². The van der Waals surface area contributed by atoms with Gasteiger partial charge in [0.25, 0.3) is 0 Å². The molecule has 1 fully saturated rings. The molecule has 0 aromatic heterocycles. The molecule has 0 unspecified atom stereocenters. The molecule has 1 radical (unpaired) electrons. The number of nitrogens with zero attached hydrogens (tertiary/aromatic N) is 2. The Labute approximate surface area is 217 Å². The van der Waals surface area contributed by atoms with E-state index in [1.807, 2.05) is 48.5 Å². The Morgan fingerprint density at radius 1 is 1.00 bits per heavy atom. The molecule has 153 valence electrons. The summed E-state index contributed by atoms with van der Waals surface area (Å²) in [6.45, 7) is 7.88. The number of alkyl halides is 1. The molecular formula is C23H24Br2IN2V-. The smallest absolute Gasteiger partial charge is 0.0822 e. The number of benzene rings is 2. The van der Waals surface area contributed by atoms with Crippen LogP contribution in [0.15, 0.2) is 57.5 Å². The summed E-state index contributed by atoms with van der Waals surface area (Å²) in [6.07, 6.45) is 3.72. The predicted octanol–water partition coefficient (Wildman–Crippen LogP) is 7.94. The molecule has 0 heterocycles. The van der Waals surface area contributed by atoms with Gasteiger partial charge in [0, 0.05) is 27.5 Å². The van der Waals surface area contributed by atoms with Gasteiger partial charge >= 0.3 is 0 Å². The Morgan fingerprint density at radius 3 is 1.72 bits per heavy atom. The van der Waals surface area contributed by atoms with Crippen LogP contribution in [0.4, 0.5) is 0 Å². The van der Waals surface area contributed by atoms with E-state index in [0.29, 0.717) is 6.42 Å². The van der Waals surface area contributed by atoms with Gasteiger partial charge in [-0.15, -0.1) is 26.0 Å². The van der Waals surface area contributed by atoms with Crippen molar-refractivity contribution in [3.63, 3.8) is 0 Å². The largest absolute Gasteiger partial charge is 0.328 e. The molecule has 2 aromatic rings. The molecule has 2 nitrogen and oxygen atoms in total. The van der Waals surface area contributed by atoms with Gasteiger partial charge in [-0.3, -0.25) is 0 Å². The molecule has 2 aromatic carbocycles. The van der Waals surface area contributed by atoms with E-state index in [-0.39, 0.29) is 27.4 Å². The van der Waals surface area contributed by atoms with Crippen molar-refractivity contribution in [1.82, 2.24) is 0 Å². The summed E-state index contributed by atoms with van der Waals surface area (Å²) in [5.41, 5.74) is 2.07. The molecule has 3 rings (SSSR count). The summed E-state index contributed by atoms with van der Waals surface area (Å²) >= 11 is 8.97. The van der Waals surface area contributed by atoms with Crippen LogP contribution in [0.1, 0.15) is 44.2 Å². The van der Waals surface area contributed by atoms with E-state index in [1.54, 1.807) is 0 Å². The minimum Gasteiger partial charge on any atom is -0.328 e. The fourth-order valence-corrected chi connectivity index (χ4v) is 2.99. The van der Waals surface area contributed by atoms with Crippen LogP contribution in [0.25, 0.3) is 0 Å². The molecule has 0 atom stereocenters. The molecule has 0 bridgehead atoms. The van der Waals surface area contributed by atoms with Crippen molar-refractivity contribution in [2.24, 2.45) is 0 Å². The van der Waals surface area contributed by atoms with Gasteiger partial charge in [0.05, 0.1) is 24.0 Å². The third kappa shape index (κ3) is 11.6. The van der Waals surface area contributed by atoms with Crippen LogP contribution in [0, 0.1) is 29.6 Å². The standard InChI is InChI=1S/C11H10BrN.C8H6BrN.C4H8I.V/c12-10-4-2-9(3-5-10)11(8-13)6-1-7-11;9-8-3-1-7(2-4-8)5-6-10;1-4(2,3)5;/h2-5H,1,6-7H2;1-4H,5H2;1H2,2-3H3;/q;;-1;. The van der Waals surface area contributed by atoms with Gasteiger partial charge in [0.1, 0.15) is 0 Å². The monoisotopic (exact) mass is 664 g/mol. The average Bonchev–Trinajstić information content (AvgIpc) is 2.58. The Kier molecular flexibility index (Phi) is 13.7. The summed E-state index contributed by atoms with van der Waals surface area (Å²) < 4.78 is 2.34. The third-order valence-electron chi connectivity index (χ3n) is 4.01. The molecule has 0 spiro atoms. The van der Waals surface area contributed by atoms with Crippen molar-refractivity contribution in [2.75, 3.05) is 0 Å². The topological polar surface area (TPSA) is 47.6 Å². The summed E-state index contributed by atoms with van der Waals surface area (Å²) in [6, 6.07) is 20.4. The van der Waals surface area contributed by atoms with Crippen LogP contribution in [0.5, 0.6) is 0 Å². The quantitative estimate of drug-likeness (QED) is 0.186. The van der Waals surface area contributed by atoms with Crippen molar-refractivity contribution in [1.29, 1.82) is 10.5 Å². The SMILES string of the molecule is N#CC1(c2ccc(Br)cc2)CCC1.N#CCc1ccc(Br)cc1.[CH2-]C(C)(C)I.[V]. The molecule has 0 saturated heterocycles. The van der Waals surface area contributed by atoms with Gasteiger partial charge in [-0.1, -0.05) is 70.0 Å². The zero-order chi connectivity index (χ0) is 21.2. The van der Waals surface area contributed by atoms with Crippen molar-refractivity contribution in [3.05, 3.63) is 75.5 Å². The summed E-state index contributed by atoms with van der Waals surface area (Å²) in [5, 5.41) is 17.4. The minimum atomic E-state index is -0.166. The zero-order valence-electron chi connectivity index (χ0n) is 16.6. The maximum absolute atomic E-state index is 9.10. The number of hydrogen-bond acceptors (Lipinski definition) is 2. The van der Waals surface area contributed by atoms with Crippen LogP contribution in [0.3, 0.4) is 0 Å². The Balaban J connectivity index is 0.000000439. The zero-order valence-corrected chi connectivity index (χ0v) is 23.4. The molecule has 0 aliphatic heterocycles. The van der Waals surface area contributed by atoms with E-state index in [1.165, 1.54) is 12.0 Å². The van der Waals surface area contributed by atoms with Gasteiger partial charge in [-0.05, 0) is 54.7 Å². The van der Waals surface area contributed by atoms with Crippen molar-refractivity contribution in [2.45, 2.75) is 48.4 Å². The second kappa shape index (κ2) is 13.9. The van der Waals surface area contributed by atoms with E-state index in [4.69, 9.17) is 10.5 Å². The van der Waals surface area contributed by atoms with Crippen LogP contribution in [-0.2, 0) is 30.4 Å². The first kappa shape index (κ1) is 28.7. The van der Waals surface area contributed by atoms with Gasteiger partial charge in [-0.25, -0.2) is 0 Å². The number of nitriles is 2. The van der Waals surface area contributed by atoms with E-state index in [0.717, 1.165) is 27.4 Å². The Hall–Kier alpha value is -0.306. The van der Waals surface area contributed by atoms with Crippen LogP contribution in [-0.4, -0.2) is 3.42 Å². The summed E-state index contributed by atoms with van der Waals surface area (Å²) in [4.78, 5) is 0. The summed E-state index contributed by atoms with van der Waals surface area (Å²) in [5.74, 6) is 0. The van der Waals surface area contributed by atoms with E-state index in [9.17, 15) is 0 Å². The fraction of sp³-hybridized carbons (Fsp3) is 0.348.